The van der Waals surface area contributed by atoms with E-state index in [1.807, 2.05) is 25.2 Å². The van der Waals surface area contributed by atoms with Gasteiger partial charge in [0.15, 0.2) is 0 Å². The Labute approximate surface area is 161 Å². The first-order valence-corrected chi connectivity index (χ1v) is 10.1. The van der Waals surface area contributed by atoms with Crippen LogP contribution in [0.5, 0.6) is 5.75 Å². The zero-order valence-corrected chi connectivity index (χ0v) is 16.7. The maximum Gasteiger partial charge on any atom is 0.241 e. The Kier molecular flexibility index (Phi) is 5.45. The minimum Gasteiger partial charge on any atom is -0.497 e. The second-order valence-corrected chi connectivity index (χ2v) is 8.31. The van der Waals surface area contributed by atoms with Crippen LogP contribution in [0.15, 0.2) is 70.3 Å². The number of methoxy groups -OCH3 is 1. The second-order valence-electron chi connectivity index (χ2n) is 5.68. The molecule has 1 N–H and O–H groups in total. The molecule has 136 valence electrons. The number of hydrogen-bond acceptors (Lipinski definition) is 4. The van der Waals surface area contributed by atoms with Crippen LogP contribution in [0.1, 0.15) is 17.4 Å². The molecular weight excluding hydrogens is 418 g/mol. The van der Waals surface area contributed by atoms with E-state index in [-0.39, 0.29) is 4.90 Å². The van der Waals surface area contributed by atoms with Crippen molar-refractivity contribution in [2.45, 2.75) is 10.9 Å². The van der Waals surface area contributed by atoms with Gasteiger partial charge < -0.3 is 9.30 Å². The largest absolute Gasteiger partial charge is 0.497 e. The summed E-state index contributed by atoms with van der Waals surface area (Å²) in [6.07, 6.45) is 3.41. The van der Waals surface area contributed by atoms with Gasteiger partial charge in [-0.05, 0) is 35.9 Å². The summed E-state index contributed by atoms with van der Waals surface area (Å²) in [7, 11) is -0.374. The molecule has 6 nitrogen and oxygen atoms in total. The summed E-state index contributed by atoms with van der Waals surface area (Å²) in [5.41, 5.74) is 0.734. The van der Waals surface area contributed by atoms with Crippen molar-refractivity contribution in [1.29, 1.82) is 0 Å². The van der Waals surface area contributed by atoms with E-state index in [1.165, 1.54) is 0 Å². The Hall–Kier alpha value is -2.16. The molecule has 0 aliphatic heterocycles. The van der Waals surface area contributed by atoms with Crippen molar-refractivity contribution in [3.63, 3.8) is 0 Å². The summed E-state index contributed by atoms with van der Waals surface area (Å²) in [4.78, 5) is 4.50. The average Bonchev–Trinajstić information content (AvgIpc) is 3.05. The fraction of sp³-hybridized carbons (Fsp3) is 0.167. The first-order valence-electron chi connectivity index (χ1n) is 7.80. The number of ether oxygens (including phenoxy) is 1. The quantitative estimate of drug-likeness (QED) is 0.644. The molecule has 0 aliphatic carbocycles. The van der Waals surface area contributed by atoms with E-state index in [0.717, 1.165) is 5.56 Å². The highest BCUT2D eigenvalue weighted by Gasteiger charge is 2.26. The number of sulfonamides is 1. The van der Waals surface area contributed by atoms with Crippen molar-refractivity contribution in [3.8, 4) is 5.75 Å². The molecule has 3 aromatic rings. The van der Waals surface area contributed by atoms with Crippen molar-refractivity contribution in [1.82, 2.24) is 14.3 Å². The van der Waals surface area contributed by atoms with Crippen LogP contribution in [0, 0.1) is 0 Å². The smallest absolute Gasteiger partial charge is 0.241 e. The van der Waals surface area contributed by atoms with Crippen LogP contribution in [0.2, 0.25) is 0 Å². The minimum atomic E-state index is -3.77. The van der Waals surface area contributed by atoms with Gasteiger partial charge in [0.05, 0.1) is 12.0 Å². The third kappa shape index (κ3) is 3.98. The fourth-order valence-corrected chi connectivity index (χ4v) is 4.38. The van der Waals surface area contributed by atoms with Crippen LogP contribution in [0.3, 0.4) is 0 Å². The first kappa shape index (κ1) is 18.6. The van der Waals surface area contributed by atoms with Gasteiger partial charge in [-0.1, -0.05) is 34.1 Å². The van der Waals surface area contributed by atoms with Crippen molar-refractivity contribution >= 4 is 26.0 Å². The maximum atomic E-state index is 12.9. The second kappa shape index (κ2) is 7.61. The van der Waals surface area contributed by atoms with Crippen LogP contribution in [-0.4, -0.2) is 25.1 Å². The summed E-state index contributed by atoms with van der Waals surface area (Å²) in [5.74, 6) is 1.22. The highest BCUT2D eigenvalue weighted by Crippen LogP contribution is 2.26. The highest BCUT2D eigenvalue weighted by atomic mass is 79.9. The van der Waals surface area contributed by atoms with E-state index in [2.05, 4.69) is 25.6 Å². The van der Waals surface area contributed by atoms with Crippen LogP contribution in [0.25, 0.3) is 0 Å². The van der Waals surface area contributed by atoms with Gasteiger partial charge in [-0.15, -0.1) is 0 Å². The summed E-state index contributed by atoms with van der Waals surface area (Å²) in [6.45, 7) is 0. The van der Waals surface area contributed by atoms with E-state index in [0.29, 0.717) is 16.0 Å². The molecule has 0 saturated carbocycles. The van der Waals surface area contributed by atoms with Crippen molar-refractivity contribution in [3.05, 3.63) is 76.8 Å². The Bertz CT molecular complexity index is 1020. The highest BCUT2D eigenvalue weighted by molar-refractivity contribution is 9.10. The van der Waals surface area contributed by atoms with Crippen molar-refractivity contribution in [2.24, 2.45) is 7.05 Å². The Morgan fingerprint density at radius 2 is 1.96 bits per heavy atom. The number of aromatic nitrogens is 2. The number of benzene rings is 2. The van der Waals surface area contributed by atoms with Crippen LogP contribution >= 0.6 is 15.9 Å². The number of rotatable bonds is 6. The first-order chi connectivity index (χ1) is 12.4. The average molecular weight is 436 g/mol. The molecule has 0 amide bonds. The third-order valence-corrected chi connectivity index (χ3v) is 5.84. The molecule has 1 unspecified atom stereocenters. The predicted octanol–water partition coefficient (Wildman–Crippen LogP) is 3.26. The van der Waals surface area contributed by atoms with Crippen LogP contribution in [-0.2, 0) is 17.1 Å². The monoisotopic (exact) mass is 435 g/mol. The number of nitrogens with one attached hydrogen (secondary N) is 1. The summed E-state index contributed by atoms with van der Waals surface area (Å²) in [6, 6.07) is 13.2. The van der Waals surface area contributed by atoms with Gasteiger partial charge >= 0.3 is 0 Å². The zero-order chi connectivity index (χ0) is 18.7. The molecule has 1 aromatic heterocycles. The molecule has 1 heterocycles. The Morgan fingerprint density at radius 1 is 1.19 bits per heavy atom. The van der Waals surface area contributed by atoms with Crippen LogP contribution < -0.4 is 9.46 Å². The van der Waals surface area contributed by atoms with Crippen molar-refractivity contribution in [2.75, 3.05) is 7.11 Å². The van der Waals surface area contributed by atoms with E-state index in [4.69, 9.17) is 4.74 Å². The van der Waals surface area contributed by atoms with E-state index >= 15 is 0 Å². The molecule has 0 aliphatic rings. The normalized spacial score (nSPS) is 12.7. The number of nitrogens with zero attached hydrogens (tertiary/aromatic N) is 2. The molecule has 0 radical (unpaired) electrons. The predicted molar refractivity (Wildman–Crippen MR) is 103 cm³/mol. The molecule has 1 atom stereocenters. The number of halogens is 1. The van der Waals surface area contributed by atoms with E-state index in [1.54, 1.807) is 54.4 Å². The standard InChI is InChI=1S/C18H18BrN3O3S/c1-22-10-9-20-18(22)17(13-5-3-7-15(11-13)25-2)21-26(23,24)16-8-4-6-14(19)12-16/h3-12,17,21H,1-2H3. The number of aryl methyl sites for hydroxylation is 1. The Morgan fingerprint density at radius 3 is 2.62 bits per heavy atom. The SMILES string of the molecule is COc1cccc(C(NS(=O)(=O)c2cccc(Br)c2)c2nccn2C)c1. The van der Waals surface area contributed by atoms with Gasteiger partial charge in [0.1, 0.15) is 17.6 Å². The van der Waals surface area contributed by atoms with Crippen LogP contribution in [0.4, 0.5) is 0 Å². The molecule has 8 heteroatoms. The Balaban J connectivity index is 2.05. The van der Waals surface area contributed by atoms with Gasteiger partial charge in [0.2, 0.25) is 10.0 Å². The lowest BCUT2D eigenvalue weighted by atomic mass is 10.1. The van der Waals surface area contributed by atoms with E-state index in [9.17, 15) is 8.42 Å². The zero-order valence-electron chi connectivity index (χ0n) is 14.3. The molecule has 26 heavy (non-hydrogen) atoms. The molecule has 2 aromatic carbocycles. The van der Waals surface area contributed by atoms with Gasteiger partial charge in [0, 0.05) is 23.9 Å². The van der Waals surface area contributed by atoms with Gasteiger partial charge in [-0.2, -0.15) is 4.72 Å². The molecule has 0 spiro atoms. The van der Waals surface area contributed by atoms with E-state index < -0.39 is 16.1 Å². The number of imidazole rings is 1. The lowest BCUT2D eigenvalue weighted by molar-refractivity contribution is 0.413. The fourth-order valence-electron chi connectivity index (χ4n) is 2.60. The van der Waals surface area contributed by atoms with Gasteiger partial charge in [-0.25, -0.2) is 13.4 Å². The number of hydrogen-bond donors (Lipinski definition) is 1. The molecule has 0 bridgehead atoms. The summed E-state index contributed by atoms with van der Waals surface area (Å²) < 4.78 is 36.4. The summed E-state index contributed by atoms with van der Waals surface area (Å²) in [5, 5.41) is 0. The molecule has 3 rings (SSSR count). The molecule has 0 fully saturated rings. The maximum absolute atomic E-state index is 12.9. The summed E-state index contributed by atoms with van der Waals surface area (Å²) >= 11 is 3.31. The topological polar surface area (TPSA) is 73.2 Å². The lowest BCUT2D eigenvalue weighted by Crippen LogP contribution is -2.31. The minimum absolute atomic E-state index is 0.175. The molecule has 0 saturated heterocycles. The van der Waals surface area contributed by atoms with Gasteiger partial charge in [-0.3, -0.25) is 0 Å². The lowest BCUT2D eigenvalue weighted by Gasteiger charge is -2.20. The van der Waals surface area contributed by atoms with Crippen molar-refractivity contribution < 1.29 is 13.2 Å². The molecular formula is C18H18BrN3O3S. The van der Waals surface area contributed by atoms with Gasteiger partial charge in [0.25, 0.3) is 0 Å². The third-order valence-electron chi connectivity index (χ3n) is 3.92.